The average Bonchev–Trinajstić information content (AvgIpc) is 2.79. The second kappa shape index (κ2) is 8.57. The first-order valence-electron chi connectivity index (χ1n) is 9.72. The molecule has 0 bridgehead atoms. The molecule has 0 radical (unpaired) electrons. The second-order valence-electron chi connectivity index (χ2n) is 7.06. The van der Waals surface area contributed by atoms with Gasteiger partial charge in [-0.05, 0) is 41.0 Å². The normalized spacial score (nSPS) is 10.7. The Balaban J connectivity index is 1.40. The predicted molar refractivity (Wildman–Crippen MR) is 120 cm³/mol. The number of Topliss-reactive ketones (excluding diaryl/α,β-unsaturated/α-hetero) is 1. The van der Waals surface area contributed by atoms with E-state index < -0.39 is 0 Å². The summed E-state index contributed by atoms with van der Waals surface area (Å²) in [6.07, 6.45) is 4.09. The SMILES string of the molecule is Nc1cnccc1NC(=O)c1ccc(CCC(=O)c2cccc3ccccc23)cc1. The summed E-state index contributed by atoms with van der Waals surface area (Å²) in [6, 6.07) is 22.6. The van der Waals surface area contributed by atoms with Crippen LogP contribution in [0, 0.1) is 0 Å². The molecule has 0 saturated heterocycles. The lowest BCUT2D eigenvalue weighted by atomic mass is 9.97. The van der Waals surface area contributed by atoms with Gasteiger partial charge in [-0.2, -0.15) is 0 Å². The third-order valence-corrected chi connectivity index (χ3v) is 5.05. The molecule has 5 heteroatoms. The molecule has 1 heterocycles. The average molecular weight is 395 g/mol. The highest BCUT2D eigenvalue weighted by molar-refractivity contribution is 6.08. The van der Waals surface area contributed by atoms with E-state index >= 15 is 0 Å². The van der Waals surface area contributed by atoms with Crippen LogP contribution in [-0.2, 0) is 6.42 Å². The van der Waals surface area contributed by atoms with Crippen LogP contribution in [0.4, 0.5) is 11.4 Å². The van der Waals surface area contributed by atoms with Gasteiger partial charge in [0, 0.05) is 23.7 Å². The minimum Gasteiger partial charge on any atom is -0.396 e. The smallest absolute Gasteiger partial charge is 0.255 e. The first-order chi connectivity index (χ1) is 14.6. The van der Waals surface area contributed by atoms with Gasteiger partial charge in [0.25, 0.3) is 5.91 Å². The van der Waals surface area contributed by atoms with Gasteiger partial charge in [0.15, 0.2) is 5.78 Å². The number of aryl methyl sites for hydroxylation is 1. The number of ketones is 1. The number of nitrogens with two attached hydrogens (primary N) is 1. The van der Waals surface area contributed by atoms with Crippen molar-refractivity contribution >= 4 is 33.8 Å². The fourth-order valence-corrected chi connectivity index (χ4v) is 3.40. The monoisotopic (exact) mass is 395 g/mol. The van der Waals surface area contributed by atoms with E-state index in [0.29, 0.717) is 29.8 Å². The number of aromatic nitrogens is 1. The first-order valence-corrected chi connectivity index (χ1v) is 9.72. The molecule has 0 unspecified atom stereocenters. The van der Waals surface area contributed by atoms with Crippen LogP contribution >= 0.6 is 0 Å². The number of nitrogens with one attached hydrogen (secondary N) is 1. The Morgan fingerprint density at radius 1 is 0.900 bits per heavy atom. The van der Waals surface area contributed by atoms with E-state index in [1.165, 1.54) is 6.20 Å². The molecular weight excluding hydrogens is 374 g/mol. The van der Waals surface area contributed by atoms with E-state index in [1.807, 2.05) is 54.6 Å². The van der Waals surface area contributed by atoms with Crippen molar-refractivity contribution in [3.8, 4) is 0 Å². The Morgan fingerprint density at radius 3 is 2.47 bits per heavy atom. The number of hydrogen-bond donors (Lipinski definition) is 2. The molecule has 148 valence electrons. The number of fused-ring (bicyclic) bond motifs is 1. The molecule has 0 aliphatic heterocycles. The Morgan fingerprint density at radius 2 is 1.67 bits per heavy atom. The zero-order valence-corrected chi connectivity index (χ0v) is 16.3. The van der Waals surface area contributed by atoms with E-state index in [1.54, 1.807) is 24.4 Å². The molecular formula is C25H21N3O2. The topological polar surface area (TPSA) is 85.1 Å². The quantitative estimate of drug-likeness (QED) is 0.456. The van der Waals surface area contributed by atoms with Crippen LogP contribution in [-0.4, -0.2) is 16.7 Å². The van der Waals surface area contributed by atoms with Gasteiger partial charge in [-0.15, -0.1) is 0 Å². The van der Waals surface area contributed by atoms with Crippen LogP contribution in [0.2, 0.25) is 0 Å². The summed E-state index contributed by atoms with van der Waals surface area (Å²) in [4.78, 5) is 29.1. The van der Waals surface area contributed by atoms with E-state index in [-0.39, 0.29) is 11.7 Å². The largest absolute Gasteiger partial charge is 0.396 e. The molecule has 0 spiro atoms. The summed E-state index contributed by atoms with van der Waals surface area (Å²) in [6.45, 7) is 0. The number of amides is 1. The number of rotatable bonds is 6. The maximum absolute atomic E-state index is 12.8. The van der Waals surface area contributed by atoms with Crippen LogP contribution in [0.3, 0.4) is 0 Å². The van der Waals surface area contributed by atoms with Crippen molar-refractivity contribution in [2.75, 3.05) is 11.1 Å². The first kappa shape index (κ1) is 19.3. The highest BCUT2D eigenvalue weighted by Gasteiger charge is 2.11. The molecule has 0 aliphatic carbocycles. The number of carbonyl (C=O) groups excluding carboxylic acids is 2. The standard InChI is InChI=1S/C25H21N3O2/c26-22-16-27-15-14-23(22)28-25(30)19-11-8-17(9-12-19)10-13-24(29)21-7-3-5-18-4-1-2-6-20(18)21/h1-9,11-12,14-16H,10,13,26H2,(H,27,28,30). The minimum absolute atomic E-state index is 0.113. The summed E-state index contributed by atoms with van der Waals surface area (Å²) >= 11 is 0. The maximum atomic E-state index is 12.8. The van der Waals surface area contributed by atoms with Gasteiger partial charge in [0.05, 0.1) is 17.6 Å². The molecule has 1 amide bonds. The summed E-state index contributed by atoms with van der Waals surface area (Å²) in [5, 5.41) is 4.82. The molecule has 5 nitrogen and oxygen atoms in total. The molecule has 30 heavy (non-hydrogen) atoms. The van der Waals surface area contributed by atoms with Gasteiger partial charge in [-0.1, -0.05) is 54.6 Å². The van der Waals surface area contributed by atoms with E-state index in [2.05, 4.69) is 10.3 Å². The predicted octanol–water partition coefficient (Wildman–Crippen LogP) is 4.88. The Bertz CT molecular complexity index is 1210. The summed E-state index contributed by atoms with van der Waals surface area (Å²) in [5.74, 6) is -0.131. The third-order valence-electron chi connectivity index (χ3n) is 5.05. The van der Waals surface area contributed by atoms with E-state index in [9.17, 15) is 9.59 Å². The highest BCUT2D eigenvalue weighted by Crippen LogP contribution is 2.21. The molecule has 0 fully saturated rings. The lowest BCUT2D eigenvalue weighted by Gasteiger charge is -2.08. The van der Waals surface area contributed by atoms with Gasteiger partial charge < -0.3 is 11.1 Å². The van der Waals surface area contributed by atoms with Gasteiger partial charge >= 0.3 is 0 Å². The molecule has 4 rings (SSSR count). The zero-order chi connectivity index (χ0) is 20.9. The Labute approximate surface area is 174 Å². The summed E-state index contributed by atoms with van der Waals surface area (Å²) < 4.78 is 0. The zero-order valence-electron chi connectivity index (χ0n) is 16.3. The van der Waals surface area contributed by atoms with Gasteiger partial charge in [0.1, 0.15) is 0 Å². The van der Waals surface area contributed by atoms with Crippen LogP contribution in [0.1, 0.15) is 32.7 Å². The van der Waals surface area contributed by atoms with Crippen molar-refractivity contribution in [2.24, 2.45) is 0 Å². The number of pyridine rings is 1. The van der Waals surface area contributed by atoms with Crippen molar-refractivity contribution < 1.29 is 9.59 Å². The minimum atomic E-state index is -0.244. The Kier molecular flexibility index (Phi) is 5.52. The number of benzene rings is 3. The summed E-state index contributed by atoms with van der Waals surface area (Å²) in [7, 11) is 0. The fourth-order valence-electron chi connectivity index (χ4n) is 3.40. The Hall–Kier alpha value is -3.99. The number of anilines is 2. The van der Waals surface area contributed by atoms with Crippen LogP contribution in [0.15, 0.2) is 85.2 Å². The van der Waals surface area contributed by atoms with E-state index in [0.717, 1.165) is 21.9 Å². The molecule has 4 aromatic rings. The molecule has 1 aromatic heterocycles. The third kappa shape index (κ3) is 4.20. The van der Waals surface area contributed by atoms with Crippen LogP contribution in [0.5, 0.6) is 0 Å². The van der Waals surface area contributed by atoms with Gasteiger partial charge in [-0.3, -0.25) is 14.6 Å². The number of nitrogens with zero attached hydrogens (tertiary/aromatic N) is 1. The van der Waals surface area contributed by atoms with Gasteiger partial charge in [-0.25, -0.2) is 0 Å². The number of carbonyl (C=O) groups is 2. The molecule has 0 atom stereocenters. The van der Waals surface area contributed by atoms with Crippen LogP contribution in [0.25, 0.3) is 10.8 Å². The lowest BCUT2D eigenvalue weighted by molar-refractivity contribution is 0.0982. The molecule has 3 aromatic carbocycles. The van der Waals surface area contributed by atoms with Crippen molar-refractivity contribution in [3.05, 3.63) is 102 Å². The fraction of sp³-hybridized carbons (Fsp3) is 0.0800. The number of hydrogen-bond acceptors (Lipinski definition) is 4. The van der Waals surface area contributed by atoms with Crippen molar-refractivity contribution in [3.63, 3.8) is 0 Å². The van der Waals surface area contributed by atoms with Crippen molar-refractivity contribution in [1.29, 1.82) is 0 Å². The summed E-state index contributed by atoms with van der Waals surface area (Å²) in [5.41, 5.74) is 9.03. The van der Waals surface area contributed by atoms with Gasteiger partial charge in [0.2, 0.25) is 0 Å². The number of nitrogen functional groups attached to an aromatic ring is 1. The molecule has 3 N–H and O–H groups in total. The van der Waals surface area contributed by atoms with E-state index in [4.69, 9.17) is 5.73 Å². The lowest BCUT2D eigenvalue weighted by Crippen LogP contribution is -2.13. The van der Waals surface area contributed by atoms with Crippen LogP contribution < -0.4 is 11.1 Å². The van der Waals surface area contributed by atoms with Crippen molar-refractivity contribution in [2.45, 2.75) is 12.8 Å². The second-order valence-corrected chi connectivity index (χ2v) is 7.06. The molecule has 0 aliphatic rings. The maximum Gasteiger partial charge on any atom is 0.255 e. The molecule has 0 saturated carbocycles. The van der Waals surface area contributed by atoms with Crippen molar-refractivity contribution in [1.82, 2.24) is 4.98 Å². The highest BCUT2D eigenvalue weighted by atomic mass is 16.1.